The van der Waals surface area contributed by atoms with Gasteiger partial charge in [0.1, 0.15) is 11.6 Å². The highest BCUT2D eigenvalue weighted by Gasteiger charge is 2.30. The molecule has 2 aromatic heterocycles. The summed E-state index contributed by atoms with van der Waals surface area (Å²) in [6.45, 7) is 1.99. The molecule has 0 bridgehead atoms. The van der Waals surface area contributed by atoms with E-state index in [-0.39, 0.29) is 5.92 Å². The van der Waals surface area contributed by atoms with E-state index < -0.39 is 11.7 Å². The van der Waals surface area contributed by atoms with Crippen molar-refractivity contribution < 1.29 is 17.9 Å². The number of nitrogens with zero attached hydrogens (tertiary/aromatic N) is 1. The Labute approximate surface area is 201 Å². The molecule has 0 aliphatic heterocycles. The number of aryl methyl sites for hydroxylation is 1. The first kappa shape index (κ1) is 24.0. The smallest absolute Gasteiger partial charge is 0.416 e. The molecule has 1 unspecified atom stereocenters. The van der Waals surface area contributed by atoms with Crippen LogP contribution in [0.4, 0.5) is 13.2 Å². The Morgan fingerprint density at radius 3 is 2.38 bits per heavy atom. The highest BCUT2D eigenvalue weighted by Crippen LogP contribution is 2.36. The van der Waals surface area contributed by atoms with E-state index in [1.165, 1.54) is 12.1 Å². The third kappa shape index (κ3) is 5.14. The lowest BCUT2D eigenvalue weighted by atomic mass is 9.93. The highest BCUT2D eigenvalue weighted by molar-refractivity contribution is 6.17. The number of halogens is 4. The van der Waals surface area contributed by atoms with E-state index in [0.29, 0.717) is 24.5 Å². The summed E-state index contributed by atoms with van der Waals surface area (Å²) in [6.07, 6.45) is -1.26. The first-order chi connectivity index (χ1) is 16.3. The molecule has 0 spiro atoms. The number of rotatable bonds is 8. The second-order valence-electron chi connectivity index (χ2n) is 8.16. The van der Waals surface area contributed by atoms with Crippen LogP contribution in [0.15, 0.2) is 60.8 Å². The summed E-state index contributed by atoms with van der Waals surface area (Å²) in [5.74, 6) is 1.67. The number of aromatic nitrogens is 3. The molecule has 4 rings (SSSR count). The second kappa shape index (κ2) is 9.97. The Morgan fingerprint density at radius 1 is 1.00 bits per heavy atom. The van der Waals surface area contributed by atoms with E-state index in [1.807, 2.05) is 37.3 Å². The molecule has 0 fully saturated rings. The largest absolute Gasteiger partial charge is 0.496 e. The molecule has 2 N–H and O–H groups in total. The summed E-state index contributed by atoms with van der Waals surface area (Å²) >= 11 is 5.91. The van der Waals surface area contributed by atoms with Crippen molar-refractivity contribution in [3.8, 4) is 28.3 Å². The lowest BCUT2D eigenvalue weighted by Gasteiger charge is -2.16. The first-order valence-electron chi connectivity index (χ1n) is 10.9. The summed E-state index contributed by atoms with van der Waals surface area (Å²) in [5.41, 5.74) is 4.76. The maximum absolute atomic E-state index is 13.0. The van der Waals surface area contributed by atoms with Gasteiger partial charge in [0.15, 0.2) is 0 Å². The van der Waals surface area contributed by atoms with Gasteiger partial charge in [0, 0.05) is 34.3 Å². The average molecular weight is 488 g/mol. The van der Waals surface area contributed by atoms with Gasteiger partial charge in [0.05, 0.1) is 24.6 Å². The van der Waals surface area contributed by atoms with Crippen molar-refractivity contribution in [2.24, 2.45) is 0 Å². The van der Waals surface area contributed by atoms with Crippen LogP contribution in [0, 0.1) is 6.92 Å². The molecule has 0 saturated carbocycles. The summed E-state index contributed by atoms with van der Waals surface area (Å²) in [5, 5.41) is 0. The topological polar surface area (TPSA) is 53.7 Å². The molecule has 34 heavy (non-hydrogen) atoms. The third-order valence-corrected chi connectivity index (χ3v) is 6.09. The predicted molar refractivity (Wildman–Crippen MR) is 128 cm³/mol. The fourth-order valence-electron chi connectivity index (χ4n) is 4.05. The first-order valence-corrected chi connectivity index (χ1v) is 11.5. The van der Waals surface area contributed by atoms with E-state index in [1.54, 1.807) is 13.3 Å². The van der Waals surface area contributed by atoms with Crippen molar-refractivity contribution in [3.05, 3.63) is 83.4 Å². The lowest BCUT2D eigenvalue weighted by molar-refractivity contribution is -0.137. The van der Waals surface area contributed by atoms with E-state index in [2.05, 4.69) is 15.0 Å². The van der Waals surface area contributed by atoms with Crippen LogP contribution in [0.25, 0.3) is 22.5 Å². The second-order valence-corrected chi connectivity index (χ2v) is 8.53. The maximum atomic E-state index is 13.0. The third-order valence-electron chi connectivity index (χ3n) is 5.83. The fraction of sp³-hybridized carbons (Fsp3) is 0.269. The van der Waals surface area contributed by atoms with E-state index >= 15 is 0 Å². The molecule has 2 aromatic carbocycles. The number of H-pyrrole nitrogens is 2. The maximum Gasteiger partial charge on any atom is 0.416 e. The SMILES string of the molecule is COc1cc(-c2cnc(C(CCCCl)c3ccc(C(F)(F)F)cc3)[nH]2)ccc1-c1ccc(C)[nH]1. The summed E-state index contributed by atoms with van der Waals surface area (Å²) in [6, 6.07) is 15.2. The number of imidazole rings is 1. The summed E-state index contributed by atoms with van der Waals surface area (Å²) < 4.78 is 44.6. The zero-order valence-electron chi connectivity index (χ0n) is 18.8. The van der Waals surface area contributed by atoms with Crippen LogP contribution in [-0.4, -0.2) is 27.9 Å². The van der Waals surface area contributed by atoms with Gasteiger partial charge >= 0.3 is 6.18 Å². The fourth-order valence-corrected chi connectivity index (χ4v) is 4.20. The Bertz CT molecular complexity index is 1240. The van der Waals surface area contributed by atoms with Crippen LogP contribution in [0.1, 0.15) is 41.4 Å². The number of ether oxygens (including phenoxy) is 1. The minimum Gasteiger partial charge on any atom is -0.496 e. The molecular weight excluding hydrogens is 463 g/mol. The zero-order chi connectivity index (χ0) is 24.3. The average Bonchev–Trinajstić information content (AvgIpc) is 3.48. The van der Waals surface area contributed by atoms with Crippen molar-refractivity contribution in [1.82, 2.24) is 15.0 Å². The van der Waals surface area contributed by atoms with Gasteiger partial charge in [-0.15, -0.1) is 11.6 Å². The van der Waals surface area contributed by atoms with Crippen LogP contribution in [-0.2, 0) is 6.18 Å². The molecule has 0 radical (unpaired) electrons. The van der Waals surface area contributed by atoms with Gasteiger partial charge in [-0.2, -0.15) is 13.2 Å². The van der Waals surface area contributed by atoms with E-state index in [4.69, 9.17) is 16.3 Å². The molecule has 8 heteroatoms. The number of hydrogen-bond acceptors (Lipinski definition) is 2. The quantitative estimate of drug-likeness (QED) is 0.252. The van der Waals surface area contributed by atoms with Crippen molar-refractivity contribution in [2.45, 2.75) is 31.9 Å². The molecule has 0 amide bonds. The van der Waals surface area contributed by atoms with E-state index in [9.17, 15) is 13.2 Å². The Kier molecular flexibility index (Phi) is 7.03. The van der Waals surface area contributed by atoms with Crippen LogP contribution in [0.5, 0.6) is 5.75 Å². The molecule has 178 valence electrons. The van der Waals surface area contributed by atoms with Crippen LogP contribution in [0.3, 0.4) is 0 Å². The predicted octanol–water partition coefficient (Wildman–Crippen LogP) is 7.56. The number of methoxy groups -OCH3 is 1. The Balaban J connectivity index is 1.64. The van der Waals surface area contributed by atoms with Gasteiger partial charge in [-0.25, -0.2) is 4.98 Å². The minimum absolute atomic E-state index is 0.196. The number of aromatic amines is 2. The lowest BCUT2D eigenvalue weighted by Crippen LogP contribution is -2.07. The molecular formula is C26H25ClF3N3O. The number of hydrogen-bond donors (Lipinski definition) is 2. The van der Waals surface area contributed by atoms with E-state index in [0.717, 1.165) is 51.7 Å². The normalized spacial score (nSPS) is 12.6. The van der Waals surface area contributed by atoms with Crippen molar-refractivity contribution in [3.63, 3.8) is 0 Å². The van der Waals surface area contributed by atoms with Crippen LogP contribution < -0.4 is 4.74 Å². The van der Waals surface area contributed by atoms with Gasteiger partial charge in [0.25, 0.3) is 0 Å². The number of nitrogens with one attached hydrogen (secondary N) is 2. The van der Waals surface area contributed by atoms with Gasteiger partial charge in [-0.1, -0.05) is 18.2 Å². The number of alkyl halides is 4. The molecule has 0 saturated heterocycles. The Hall–Kier alpha value is -3.19. The van der Waals surface area contributed by atoms with Crippen molar-refractivity contribution in [1.29, 1.82) is 0 Å². The number of benzene rings is 2. The van der Waals surface area contributed by atoms with Gasteiger partial charge in [0.2, 0.25) is 0 Å². The Morgan fingerprint density at radius 2 is 1.76 bits per heavy atom. The van der Waals surface area contributed by atoms with Crippen molar-refractivity contribution in [2.75, 3.05) is 13.0 Å². The zero-order valence-corrected chi connectivity index (χ0v) is 19.6. The van der Waals surface area contributed by atoms with Crippen molar-refractivity contribution >= 4 is 11.6 Å². The molecule has 1 atom stereocenters. The molecule has 0 aliphatic carbocycles. The van der Waals surface area contributed by atoms with Gasteiger partial charge in [-0.3, -0.25) is 0 Å². The van der Waals surface area contributed by atoms with Gasteiger partial charge < -0.3 is 14.7 Å². The molecule has 4 nitrogen and oxygen atoms in total. The molecule has 4 aromatic rings. The van der Waals surface area contributed by atoms with Crippen LogP contribution >= 0.6 is 11.6 Å². The molecule has 0 aliphatic rings. The summed E-state index contributed by atoms with van der Waals surface area (Å²) in [4.78, 5) is 11.2. The minimum atomic E-state index is -4.37. The standard InChI is InChI=1S/C26H25ClF3N3O/c1-16-5-12-22(32-16)21-11-8-18(14-24(21)34-2)23-15-31-25(33-23)20(4-3-13-27)17-6-9-19(10-7-17)26(28,29)30/h5-12,14-15,20,32H,3-4,13H2,1-2H3,(H,31,33). The summed E-state index contributed by atoms with van der Waals surface area (Å²) in [7, 11) is 1.63. The highest BCUT2D eigenvalue weighted by atomic mass is 35.5. The molecule has 2 heterocycles. The van der Waals surface area contributed by atoms with Gasteiger partial charge in [-0.05, 0) is 61.7 Å². The monoisotopic (exact) mass is 487 g/mol. The van der Waals surface area contributed by atoms with Crippen LogP contribution in [0.2, 0.25) is 0 Å².